The van der Waals surface area contributed by atoms with E-state index < -0.39 is 10.0 Å². The van der Waals surface area contributed by atoms with E-state index in [1.54, 1.807) is 4.31 Å². The van der Waals surface area contributed by atoms with E-state index in [-0.39, 0.29) is 18.4 Å². The normalized spacial score (nSPS) is 18.8. The Hall–Kier alpha value is -0.170. The monoisotopic (exact) mass is 264 g/mol. The third-order valence-electron chi connectivity index (χ3n) is 3.23. The number of nitrogens with zero attached hydrogens (tertiary/aromatic N) is 1. The number of ether oxygens (including phenoxy) is 1. The maximum atomic E-state index is 12.2. The lowest BCUT2D eigenvalue weighted by atomic mass is 9.95. The SMILES string of the molecule is COCCS(=O)(=O)N(CCN)C1CCCCC1. The van der Waals surface area contributed by atoms with Crippen LogP contribution >= 0.6 is 0 Å². The number of nitrogens with two attached hydrogens (primary N) is 1. The van der Waals surface area contributed by atoms with E-state index in [1.807, 2.05) is 0 Å². The second-order valence-corrected chi connectivity index (χ2v) is 6.54. The van der Waals surface area contributed by atoms with Gasteiger partial charge >= 0.3 is 0 Å². The fourth-order valence-electron chi connectivity index (χ4n) is 2.35. The first kappa shape index (κ1) is 14.9. The first-order chi connectivity index (χ1) is 8.11. The number of hydrogen-bond acceptors (Lipinski definition) is 4. The highest BCUT2D eigenvalue weighted by Gasteiger charge is 2.29. The van der Waals surface area contributed by atoms with E-state index in [9.17, 15) is 8.42 Å². The van der Waals surface area contributed by atoms with E-state index in [4.69, 9.17) is 10.5 Å². The minimum Gasteiger partial charge on any atom is -0.384 e. The smallest absolute Gasteiger partial charge is 0.216 e. The maximum Gasteiger partial charge on any atom is 0.216 e. The van der Waals surface area contributed by atoms with Crippen LogP contribution in [0.25, 0.3) is 0 Å². The summed E-state index contributed by atoms with van der Waals surface area (Å²) in [6.45, 7) is 1.05. The molecule has 0 aromatic heterocycles. The van der Waals surface area contributed by atoms with Crippen LogP contribution in [0.15, 0.2) is 0 Å². The fourth-order valence-corrected chi connectivity index (χ4v) is 4.01. The molecule has 0 aromatic carbocycles. The van der Waals surface area contributed by atoms with Gasteiger partial charge in [0.15, 0.2) is 0 Å². The summed E-state index contributed by atoms with van der Waals surface area (Å²) in [4.78, 5) is 0. The lowest BCUT2D eigenvalue weighted by Crippen LogP contribution is -2.45. The van der Waals surface area contributed by atoms with Crippen molar-refractivity contribution in [3.8, 4) is 0 Å². The van der Waals surface area contributed by atoms with Gasteiger partial charge in [-0.25, -0.2) is 8.42 Å². The zero-order chi connectivity index (χ0) is 12.7. The van der Waals surface area contributed by atoms with Gasteiger partial charge < -0.3 is 10.5 Å². The summed E-state index contributed by atoms with van der Waals surface area (Å²) in [5.74, 6) is 0.0556. The van der Waals surface area contributed by atoms with Crippen molar-refractivity contribution >= 4 is 10.0 Å². The van der Waals surface area contributed by atoms with Crippen LogP contribution < -0.4 is 5.73 Å². The molecular formula is C11H24N2O3S. The van der Waals surface area contributed by atoms with Gasteiger partial charge in [-0.15, -0.1) is 0 Å². The van der Waals surface area contributed by atoms with Crippen molar-refractivity contribution in [3.05, 3.63) is 0 Å². The Morgan fingerprint density at radius 3 is 2.47 bits per heavy atom. The largest absolute Gasteiger partial charge is 0.384 e. The van der Waals surface area contributed by atoms with Crippen molar-refractivity contribution in [2.24, 2.45) is 5.73 Å². The predicted octanol–water partition coefficient (Wildman–Crippen LogP) is 0.556. The Kier molecular flexibility index (Phi) is 6.40. The molecule has 102 valence electrons. The summed E-state index contributed by atoms with van der Waals surface area (Å²) in [5.41, 5.74) is 5.52. The van der Waals surface area contributed by atoms with Gasteiger partial charge in [0.05, 0.1) is 12.4 Å². The van der Waals surface area contributed by atoms with Crippen LogP contribution in [-0.2, 0) is 14.8 Å². The molecule has 0 saturated heterocycles. The average molecular weight is 264 g/mol. The van der Waals surface area contributed by atoms with Crippen molar-refractivity contribution in [1.29, 1.82) is 0 Å². The van der Waals surface area contributed by atoms with Gasteiger partial charge in [-0.1, -0.05) is 19.3 Å². The lowest BCUT2D eigenvalue weighted by molar-refractivity contribution is 0.211. The molecule has 17 heavy (non-hydrogen) atoms. The Labute approximate surface area is 104 Å². The molecule has 0 spiro atoms. The molecule has 1 rings (SSSR count). The van der Waals surface area contributed by atoms with Gasteiger partial charge in [0.2, 0.25) is 10.0 Å². The van der Waals surface area contributed by atoms with Crippen molar-refractivity contribution in [1.82, 2.24) is 4.31 Å². The Morgan fingerprint density at radius 2 is 1.94 bits per heavy atom. The molecule has 6 heteroatoms. The predicted molar refractivity (Wildman–Crippen MR) is 68.3 cm³/mol. The average Bonchev–Trinajstić information content (AvgIpc) is 2.34. The number of hydrogen-bond donors (Lipinski definition) is 1. The standard InChI is InChI=1S/C11H24N2O3S/c1-16-9-10-17(14,15)13(8-7-12)11-5-3-2-4-6-11/h11H,2-10,12H2,1H3. The Bertz CT molecular complexity index is 300. The molecule has 1 saturated carbocycles. The molecule has 0 aliphatic heterocycles. The van der Waals surface area contributed by atoms with Crippen molar-refractivity contribution < 1.29 is 13.2 Å². The zero-order valence-electron chi connectivity index (χ0n) is 10.6. The highest BCUT2D eigenvalue weighted by molar-refractivity contribution is 7.89. The molecule has 5 nitrogen and oxygen atoms in total. The van der Waals surface area contributed by atoms with E-state index in [0.29, 0.717) is 13.1 Å². The van der Waals surface area contributed by atoms with Crippen molar-refractivity contribution in [3.63, 3.8) is 0 Å². The number of sulfonamides is 1. The Balaban J connectivity index is 2.68. The molecule has 0 heterocycles. The van der Waals surface area contributed by atoms with Gasteiger partial charge in [-0.3, -0.25) is 0 Å². The van der Waals surface area contributed by atoms with Crippen LogP contribution in [0.4, 0.5) is 0 Å². The van der Waals surface area contributed by atoms with Gasteiger partial charge in [0, 0.05) is 26.2 Å². The molecule has 0 atom stereocenters. The van der Waals surface area contributed by atoms with Gasteiger partial charge in [0.1, 0.15) is 0 Å². The van der Waals surface area contributed by atoms with Gasteiger partial charge in [0.25, 0.3) is 0 Å². The maximum absolute atomic E-state index is 12.2. The second-order valence-electron chi connectivity index (χ2n) is 4.50. The highest BCUT2D eigenvalue weighted by atomic mass is 32.2. The third kappa shape index (κ3) is 4.54. The summed E-state index contributed by atoms with van der Waals surface area (Å²) in [7, 11) is -1.70. The van der Waals surface area contributed by atoms with E-state index in [2.05, 4.69) is 0 Å². The summed E-state index contributed by atoms with van der Waals surface area (Å²) in [6, 6.07) is 0.147. The molecule has 1 aliphatic carbocycles. The summed E-state index contributed by atoms with van der Waals surface area (Å²) < 4.78 is 30.8. The molecular weight excluding hydrogens is 240 g/mol. The molecule has 1 fully saturated rings. The highest BCUT2D eigenvalue weighted by Crippen LogP contribution is 2.24. The number of rotatable bonds is 7. The third-order valence-corrected chi connectivity index (χ3v) is 5.11. The first-order valence-electron chi connectivity index (χ1n) is 6.30. The van der Waals surface area contributed by atoms with Gasteiger partial charge in [-0.05, 0) is 12.8 Å². The second kappa shape index (κ2) is 7.31. The van der Waals surface area contributed by atoms with Crippen molar-refractivity contribution in [2.75, 3.05) is 32.6 Å². The van der Waals surface area contributed by atoms with Crippen LogP contribution in [0.5, 0.6) is 0 Å². The summed E-state index contributed by atoms with van der Waals surface area (Å²) in [6.07, 6.45) is 5.38. The quantitative estimate of drug-likeness (QED) is 0.729. The van der Waals surface area contributed by atoms with Crippen LogP contribution in [0.3, 0.4) is 0 Å². The van der Waals surface area contributed by atoms with Crippen LogP contribution in [-0.4, -0.2) is 51.3 Å². The molecule has 0 radical (unpaired) electrons. The number of methoxy groups -OCH3 is 1. The first-order valence-corrected chi connectivity index (χ1v) is 7.91. The fraction of sp³-hybridized carbons (Fsp3) is 1.00. The molecule has 0 amide bonds. The minimum absolute atomic E-state index is 0.0556. The topological polar surface area (TPSA) is 72.6 Å². The lowest BCUT2D eigenvalue weighted by Gasteiger charge is -2.33. The van der Waals surface area contributed by atoms with E-state index >= 15 is 0 Å². The van der Waals surface area contributed by atoms with Crippen LogP contribution in [0, 0.1) is 0 Å². The Morgan fingerprint density at radius 1 is 1.29 bits per heavy atom. The molecule has 0 aromatic rings. The van der Waals surface area contributed by atoms with Crippen molar-refractivity contribution in [2.45, 2.75) is 38.1 Å². The molecule has 2 N–H and O–H groups in total. The molecule has 1 aliphatic rings. The van der Waals surface area contributed by atoms with E-state index in [1.165, 1.54) is 13.5 Å². The van der Waals surface area contributed by atoms with E-state index in [0.717, 1.165) is 25.7 Å². The van der Waals surface area contributed by atoms with Gasteiger partial charge in [-0.2, -0.15) is 4.31 Å². The van der Waals surface area contributed by atoms with Crippen LogP contribution in [0.1, 0.15) is 32.1 Å². The summed E-state index contributed by atoms with van der Waals surface area (Å²) >= 11 is 0. The molecule has 0 bridgehead atoms. The van der Waals surface area contributed by atoms with Crippen LogP contribution in [0.2, 0.25) is 0 Å². The summed E-state index contributed by atoms with van der Waals surface area (Å²) in [5, 5.41) is 0. The zero-order valence-corrected chi connectivity index (χ0v) is 11.4. The minimum atomic E-state index is -3.22. The molecule has 0 unspecified atom stereocenters.